The molecule has 76 valence electrons. The van der Waals surface area contributed by atoms with Crippen LogP contribution in [0.2, 0.25) is 0 Å². The zero-order valence-electron chi connectivity index (χ0n) is 7.47. The molecule has 5 nitrogen and oxygen atoms in total. The Kier molecular flexibility index (Phi) is 3.44. The van der Waals surface area contributed by atoms with Crippen molar-refractivity contribution < 1.29 is 15.1 Å². The molecule has 0 aliphatic heterocycles. The Bertz CT molecular complexity index is 310. The molecular formula is C9H12N2O3. The van der Waals surface area contributed by atoms with Crippen molar-refractivity contribution >= 4 is 5.91 Å². The number of nitrogens with two attached hydrogens (primary N) is 1. The quantitative estimate of drug-likeness (QED) is 0.396. The minimum absolute atomic E-state index is 0.161. The standard InChI is InChI=1S/C9H12N2O3/c10-8(9(13)11-14)5-6-1-3-7(12)4-2-6/h1-4,8,12,14H,5,10H2,(H,11,13)/t8-/m1/s1. The highest BCUT2D eigenvalue weighted by Gasteiger charge is 2.12. The maximum atomic E-state index is 10.8. The van der Waals surface area contributed by atoms with E-state index in [1.807, 2.05) is 0 Å². The number of nitrogens with one attached hydrogen (secondary N) is 1. The Morgan fingerprint density at radius 2 is 2.00 bits per heavy atom. The topological polar surface area (TPSA) is 95.6 Å². The number of phenols is 1. The lowest BCUT2D eigenvalue weighted by atomic mass is 10.1. The first-order valence-corrected chi connectivity index (χ1v) is 4.11. The molecule has 1 atom stereocenters. The van der Waals surface area contributed by atoms with Crippen LogP contribution in [0.5, 0.6) is 5.75 Å². The van der Waals surface area contributed by atoms with Crippen molar-refractivity contribution in [1.82, 2.24) is 5.48 Å². The molecule has 5 heteroatoms. The largest absolute Gasteiger partial charge is 0.508 e. The number of carbonyl (C=O) groups excluding carboxylic acids is 1. The third-order valence-corrected chi connectivity index (χ3v) is 1.84. The molecule has 0 spiro atoms. The lowest BCUT2D eigenvalue weighted by Gasteiger charge is -2.08. The second-order valence-electron chi connectivity index (χ2n) is 2.95. The van der Waals surface area contributed by atoms with Crippen LogP contribution in [0.4, 0.5) is 0 Å². The first-order valence-electron chi connectivity index (χ1n) is 4.11. The number of carbonyl (C=O) groups is 1. The molecule has 0 bridgehead atoms. The van der Waals surface area contributed by atoms with Crippen molar-refractivity contribution in [3.63, 3.8) is 0 Å². The Morgan fingerprint density at radius 1 is 1.43 bits per heavy atom. The van der Waals surface area contributed by atoms with E-state index < -0.39 is 11.9 Å². The molecule has 1 aromatic carbocycles. The third kappa shape index (κ3) is 2.72. The smallest absolute Gasteiger partial charge is 0.260 e. The van der Waals surface area contributed by atoms with Crippen LogP contribution in [0.1, 0.15) is 5.56 Å². The van der Waals surface area contributed by atoms with Crippen LogP contribution in [-0.4, -0.2) is 22.3 Å². The molecule has 0 fully saturated rings. The molecular weight excluding hydrogens is 184 g/mol. The number of hydroxylamine groups is 1. The van der Waals surface area contributed by atoms with Crippen LogP contribution in [0.15, 0.2) is 24.3 Å². The maximum Gasteiger partial charge on any atom is 0.260 e. The number of rotatable bonds is 3. The highest BCUT2D eigenvalue weighted by atomic mass is 16.5. The summed E-state index contributed by atoms with van der Waals surface area (Å²) < 4.78 is 0. The fraction of sp³-hybridized carbons (Fsp3) is 0.222. The van der Waals surface area contributed by atoms with Crippen molar-refractivity contribution in [2.45, 2.75) is 12.5 Å². The summed E-state index contributed by atoms with van der Waals surface area (Å²) >= 11 is 0. The van der Waals surface area contributed by atoms with Gasteiger partial charge in [0, 0.05) is 0 Å². The second-order valence-corrected chi connectivity index (χ2v) is 2.95. The summed E-state index contributed by atoms with van der Waals surface area (Å²) in [5.74, 6) is -0.466. The monoisotopic (exact) mass is 196 g/mol. The van der Waals surface area contributed by atoms with E-state index >= 15 is 0 Å². The van der Waals surface area contributed by atoms with Crippen molar-refractivity contribution in [2.24, 2.45) is 5.73 Å². The predicted octanol–water partition coefficient (Wildman–Crippen LogP) is -0.233. The van der Waals surface area contributed by atoms with E-state index in [0.29, 0.717) is 6.42 Å². The van der Waals surface area contributed by atoms with Gasteiger partial charge in [-0.05, 0) is 24.1 Å². The van der Waals surface area contributed by atoms with Crippen molar-refractivity contribution in [3.8, 4) is 5.75 Å². The Morgan fingerprint density at radius 3 is 2.50 bits per heavy atom. The van der Waals surface area contributed by atoms with Gasteiger partial charge in [0.1, 0.15) is 5.75 Å². The SMILES string of the molecule is N[C@H](Cc1ccc(O)cc1)C(=O)NO. The van der Waals surface area contributed by atoms with Gasteiger partial charge in [-0.1, -0.05) is 12.1 Å². The summed E-state index contributed by atoms with van der Waals surface area (Å²) in [5.41, 5.74) is 7.76. The van der Waals surface area contributed by atoms with Crippen LogP contribution in [0.25, 0.3) is 0 Å². The summed E-state index contributed by atoms with van der Waals surface area (Å²) in [6, 6.07) is 5.57. The van der Waals surface area contributed by atoms with Crippen LogP contribution >= 0.6 is 0 Å². The van der Waals surface area contributed by atoms with Gasteiger partial charge in [-0.2, -0.15) is 0 Å². The summed E-state index contributed by atoms with van der Waals surface area (Å²) in [5, 5.41) is 17.3. The molecule has 1 aromatic rings. The van der Waals surface area contributed by atoms with Gasteiger partial charge in [-0.25, -0.2) is 5.48 Å². The normalized spacial score (nSPS) is 12.1. The van der Waals surface area contributed by atoms with Gasteiger partial charge in [-0.15, -0.1) is 0 Å². The molecule has 14 heavy (non-hydrogen) atoms. The minimum atomic E-state index is -0.787. The van der Waals surface area contributed by atoms with Crippen LogP contribution < -0.4 is 11.2 Å². The van der Waals surface area contributed by atoms with E-state index in [0.717, 1.165) is 5.56 Å². The van der Waals surface area contributed by atoms with E-state index in [1.54, 1.807) is 12.1 Å². The van der Waals surface area contributed by atoms with E-state index in [-0.39, 0.29) is 5.75 Å². The van der Waals surface area contributed by atoms with Crippen LogP contribution in [0.3, 0.4) is 0 Å². The summed E-state index contributed by atoms with van der Waals surface area (Å²) in [6.07, 6.45) is 0.312. The summed E-state index contributed by atoms with van der Waals surface area (Å²) in [7, 11) is 0. The predicted molar refractivity (Wildman–Crippen MR) is 49.7 cm³/mol. The molecule has 0 aliphatic rings. The van der Waals surface area contributed by atoms with E-state index in [2.05, 4.69) is 0 Å². The molecule has 0 heterocycles. The molecule has 1 amide bonds. The van der Waals surface area contributed by atoms with Gasteiger partial charge >= 0.3 is 0 Å². The number of aromatic hydroxyl groups is 1. The lowest BCUT2D eigenvalue weighted by molar-refractivity contribution is -0.130. The van der Waals surface area contributed by atoms with E-state index in [9.17, 15) is 4.79 Å². The average Bonchev–Trinajstić information content (AvgIpc) is 2.20. The molecule has 0 radical (unpaired) electrons. The lowest BCUT2D eigenvalue weighted by Crippen LogP contribution is -2.40. The van der Waals surface area contributed by atoms with Gasteiger partial charge in [0.05, 0.1) is 6.04 Å². The molecule has 5 N–H and O–H groups in total. The molecule has 0 saturated heterocycles. The maximum absolute atomic E-state index is 10.8. The van der Waals surface area contributed by atoms with Gasteiger partial charge in [0.15, 0.2) is 0 Å². The van der Waals surface area contributed by atoms with Crippen molar-refractivity contribution in [2.75, 3.05) is 0 Å². The number of hydrogen-bond donors (Lipinski definition) is 4. The van der Waals surface area contributed by atoms with Crippen LogP contribution in [-0.2, 0) is 11.2 Å². The Balaban J connectivity index is 2.60. The highest BCUT2D eigenvalue weighted by molar-refractivity contribution is 5.80. The summed E-state index contributed by atoms with van der Waals surface area (Å²) in [4.78, 5) is 10.8. The zero-order chi connectivity index (χ0) is 10.6. The van der Waals surface area contributed by atoms with E-state index in [1.165, 1.54) is 17.6 Å². The number of benzene rings is 1. The minimum Gasteiger partial charge on any atom is -0.508 e. The first-order chi connectivity index (χ1) is 6.63. The van der Waals surface area contributed by atoms with Crippen molar-refractivity contribution in [1.29, 1.82) is 0 Å². The number of phenolic OH excluding ortho intramolecular Hbond substituents is 1. The Hall–Kier alpha value is -1.59. The fourth-order valence-electron chi connectivity index (χ4n) is 1.06. The van der Waals surface area contributed by atoms with Gasteiger partial charge in [0.2, 0.25) is 0 Å². The number of amides is 1. The van der Waals surface area contributed by atoms with Crippen molar-refractivity contribution in [3.05, 3.63) is 29.8 Å². The molecule has 0 aromatic heterocycles. The average molecular weight is 196 g/mol. The van der Waals surface area contributed by atoms with Gasteiger partial charge < -0.3 is 10.8 Å². The molecule has 0 aliphatic carbocycles. The van der Waals surface area contributed by atoms with Crippen LogP contribution in [0, 0.1) is 0 Å². The van der Waals surface area contributed by atoms with Gasteiger partial charge in [0.25, 0.3) is 5.91 Å². The molecule has 1 rings (SSSR count). The van der Waals surface area contributed by atoms with Gasteiger partial charge in [-0.3, -0.25) is 10.0 Å². The molecule has 0 unspecified atom stereocenters. The molecule has 0 saturated carbocycles. The zero-order valence-corrected chi connectivity index (χ0v) is 7.47. The third-order valence-electron chi connectivity index (χ3n) is 1.84. The fourth-order valence-corrected chi connectivity index (χ4v) is 1.06. The number of hydrogen-bond acceptors (Lipinski definition) is 4. The Labute approximate surface area is 81.1 Å². The van der Waals surface area contributed by atoms with E-state index in [4.69, 9.17) is 16.0 Å². The highest BCUT2D eigenvalue weighted by Crippen LogP contribution is 2.10. The first kappa shape index (κ1) is 10.5. The summed E-state index contributed by atoms with van der Waals surface area (Å²) in [6.45, 7) is 0. The second kappa shape index (κ2) is 4.59.